The molecule has 1 aliphatic heterocycles. The molecule has 1 aromatic carbocycles. The summed E-state index contributed by atoms with van der Waals surface area (Å²) in [5.41, 5.74) is 6.84. The predicted molar refractivity (Wildman–Crippen MR) is 107 cm³/mol. The Labute approximate surface area is 175 Å². The highest BCUT2D eigenvalue weighted by Crippen LogP contribution is 2.36. The monoisotopic (exact) mass is 416 g/mol. The molecule has 1 fully saturated rings. The minimum atomic E-state index is -0.411. The molecule has 1 aliphatic carbocycles. The molecule has 0 bridgehead atoms. The lowest BCUT2D eigenvalue weighted by Gasteiger charge is -2.30. The van der Waals surface area contributed by atoms with E-state index in [-0.39, 0.29) is 19.4 Å². The molecule has 10 heteroatoms. The number of methoxy groups -OCH3 is 1. The molecule has 3 unspecified atom stereocenters. The van der Waals surface area contributed by atoms with Gasteiger partial charge in [0.05, 0.1) is 13.2 Å². The maximum Gasteiger partial charge on any atom is 0.327 e. The molecule has 0 saturated heterocycles. The summed E-state index contributed by atoms with van der Waals surface area (Å²) in [6, 6.07) is 5.47. The number of hydrogen-bond donors (Lipinski definition) is 2. The number of hydrogen-bond acceptors (Lipinski definition) is 9. The molecule has 4 rings (SSSR count). The number of carbonyl (C=O) groups excluding carboxylic acids is 1. The average Bonchev–Trinajstić information content (AvgIpc) is 3.43. The first-order valence-electron chi connectivity index (χ1n) is 10.3. The quantitative estimate of drug-likeness (QED) is 0.606. The van der Waals surface area contributed by atoms with Crippen LogP contribution in [0.4, 0.5) is 0 Å². The molecule has 162 valence electrons. The minimum Gasteiger partial charge on any atom is -0.468 e. The number of carbonyl (C=O) groups is 1. The van der Waals surface area contributed by atoms with Gasteiger partial charge in [-0.15, -0.1) is 5.10 Å². The average molecular weight is 416 g/mol. The van der Waals surface area contributed by atoms with Crippen molar-refractivity contribution >= 4 is 5.97 Å². The van der Waals surface area contributed by atoms with Crippen LogP contribution < -0.4 is 20.5 Å². The number of esters is 1. The maximum absolute atomic E-state index is 11.8. The summed E-state index contributed by atoms with van der Waals surface area (Å²) >= 11 is 0. The van der Waals surface area contributed by atoms with E-state index in [0.717, 1.165) is 25.1 Å². The number of nitrogens with two attached hydrogens (primary N) is 1. The molecule has 2 heterocycles. The molecule has 3 N–H and O–H groups in total. The van der Waals surface area contributed by atoms with E-state index in [1.807, 2.05) is 18.2 Å². The first-order valence-corrected chi connectivity index (χ1v) is 10.3. The van der Waals surface area contributed by atoms with E-state index in [1.54, 1.807) is 0 Å². The van der Waals surface area contributed by atoms with Crippen LogP contribution in [0, 0.1) is 11.8 Å². The Morgan fingerprint density at radius 1 is 1.33 bits per heavy atom. The molecule has 10 nitrogen and oxygen atoms in total. The molecule has 1 aromatic heterocycles. The van der Waals surface area contributed by atoms with E-state index in [2.05, 4.69) is 20.8 Å². The van der Waals surface area contributed by atoms with Gasteiger partial charge in [-0.3, -0.25) is 4.79 Å². The number of nitrogens with one attached hydrogen (secondary N) is 1. The van der Waals surface area contributed by atoms with Crippen molar-refractivity contribution < 1.29 is 19.0 Å². The Hall–Kier alpha value is -2.72. The van der Waals surface area contributed by atoms with Crippen molar-refractivity contribution in [1.29, 1.82) is 0 Å². The van der Waals surface area contributed by atoms with E-state index in [9.17, 15) is 4.79 Å². The number of ether oxygens (including phenoxy) is 3. The van der Waals surface area contributed by atoms with E-state index in [1.165, 1.54) is 31.1 Å². The summed E-state index contributed by atoms with van der Waals surface area (Å²) < 4.78 is 17.2. The second kappa shape index (κ2) is 9.40. The second-order valence-corrected chi connectivity index (χ2v) is 7.86. The predicted octanol–water partition coefficient (Wildman–Crippen LogP) is 1.02. The zero-order valence-electron chi connectivity index (χ0n) is 17.1. The summed E-state index contributed by atoms with van der Waals surface area (Å²) in [4.78, 5) is 11.8. The van der Waals surface area contributed by atoms with Crippen LogP contribution in [0.5, 0.6) is 11.5 Å². The van der Waals surface area contributed by atoms with Crippen molar-refractivity contribution in [3.8, 4) is 11.5 Å². The first-order chi connectivity index (χ1) is 14.7. The number of nitrogens with zero attached hydrogens (tertiary/aromatic N) is 4. The van der Waals surface area contributed by atoms with Gasteiger partial charge in [0.15, 0.2) is 17.3 Å². The van der Waals surface area contributed by atoms with Gasteiger partial charge in [-0.2, -0.15) is 0 Å². The highest BCUT2D eigenvalue weighted by Gasteiger charge is 2.27. The molecule has 2 aliphatic rings. The Balaban J connectivity index is 1.57. The fraction of sp³-hybridized carbons (Fsp3) is 0.600. The zero-order valence-corrected chi connectivity index (χ0v) is 17.1. The van der Waals surface area contributed by atoms with Crippen molar-refractivity contribution in [2.45, 2.75) is 38.3 Å². The molecule has 0 spiro atoms. The highest BCUT2D eigenvalue weighted by atomic mass is 16.7. The van der Waals surface area contributed by atoms with Gasteiger partial charge in [0.1, 0.15) is 6.54 Å². The van der Waals surface area contributed by atoms with Crippen LogP contribution >= 0.6 is 0 Å². The van der Waals surface area contributed by atoms with Crippen molar-refractivity contribution in [1.82, 2.24) is 25.5 Å². The summed E-state index contributed by atoms with van der Waals surface area (Å²) in [6.07, 6.45) is 4.69. The largest absolute Gasteiger partial charge is 0.468 e. The molecule has 0 amide bonds. The number of aromatic nitrogens is 4. The van der Waals surface area contributed by atoms with E-state index < -0.39 is 5.97 Å². The van der Waals surface area contributed by atoms with E-state index in [4.69, 9.17) is 19.9 Å². The smallest absolute Gasteiger partial charge is 0.327 e. The van der Waals surface area contributed by atoms with Crippen LogP contribution in [0.1, 0.15) is 43.1 Å². The molecule has 30 heavy (non-hydrogen) atoms. The number of tetrazole rings is 1. The van der Waals surface area contributed by atoms with Gasteiger partial charge in [-0.25, -0.2) is 4.68 Å². The Morgan fingerprint density at radius 3 is 3.00 bits per heavy atom. The van der Waals surface area contributed by atoms with Crippen LogP contribution in [0.25, 0.3) is 0 Å². The Kier molecular flexibility index (Phi) is 6.44. The van der Waals surface area contributed by atoms with E-state index in [0.29, 0.717) is 29.2 Å². The molecular formula is C20H28N6O4. The standard InChI is InChI=1S/C20H28N6O4/c1-28-18(27)11-26-20(23-24-25-26)19(15-5-6-16-17(8-15)30-12-29-16)22-10-14-4-2-3-13(7-14)9-21/h5-6,8,13-14,19,22H,2-4,7,9-12,21H2,1H3. The van der Waals surface area contributed by atoms with Gasteiger partial charge >= 0.3 is 5.97 Å². The lowest BCUT2D eigenvalue weighted by atomic mass is 9.81. The Bertz CT molecular complexity index is 873. The normalized spacial score (nSPS) is 21.4. The fourth-order valence-corrected chi connectivity index (χ4v) is 4.25. The topological polar surface area (TPSA) is 126 Å². The van der Waals surface area contributed by atoms with E-state index >= 15 is 0 Å². The lowest BCUT2D eigenvalue weighted by Crippen LogP contribution is -2.34. The third-order valence-corrected chi connectivity index (χ3v) is 5.89. The van der Waals surface area contributed by atoms with Crippen LogP contribution in [0.3, 0.4) is 0 Å². The number of rotatable bonds is 8. The summed E-state index contributed by atoms with van der Waals surface area (Å²) in [5, 5.41) is 15.6. The first kappa shape index (κ1) is 20.5. The van der Waals surface area contributed by atoms with Gasteiger partial charge in [-0.05, 0) is 72.3 Å². The second-order valence-electron chi connectivity index (χ2n) is 7.86. The summed E-state index contributed by atoms with van der Waals surface area (Å²) in [7, 11) is 1.34. The van der Waals surface area contributed by atoms with Crippen molar-refractivity contribution in [2.75, 3.05) is 27.0 Å². The van der Waals surface area contributed by atoms with Crippen LogP contribution in [-0.2, 0) is 16.1 Å². The third kappa shape index (κ3) is 4.54. The van der Waals surface area contributed by atoms with Gasteiger partial charge in [0.25, 0.3) is 0 Å². The maximum atomic E-state index is 11.8. The van der Waals surface area contributed by atoms with Gasteiger partial charge < -0.3 is 25.3 Å². The molecule has 3 atom stereocenters. The third-order valence-electron chi connectivity index (χ3n) is 5.89. The van der Waals surface area contributed by atoms with Crippen LogP contribution in [0.2, 0.25) is 0 Å². The fourth-order valence-electron chi connectivity index (χ4n) is 4.25. The minimum absolute atomic E-state index is 0.0553. The SMILES string of the molecule is COC(=O)Cn1nnnc1C(NCC1CCCC(CN)C1)c1ccc2c(c1)OCO2. The molecular weight excluding hydrogens is 388 g/mol. The summed E-state index contributed by atoms with van der Waals surface area (Å²) in [6.45, 7) is 1.69. The van der Waals surface area contributed by atoms with Crippen molar-refractivity contribution in [3.05, 3.63) is 29.6 Å². The Morgan fingerprint density at radius 2 is 2.17 bits per heavy atom. The van der Waals surface area contributed by atoms with Crippen LogP contribution in [-0.4, -0.2) is 53.2 Å². The van der Waals surface area contributed by atoms with Gasteiger partial charge in [0, 0.05) is 0 Å². The molecule has 1 saturated carbocycles. The summed E-state index contributed by atoms with van der Waals surface area (Å²) in [5.74, 6) is 2.65. The van der Waals surface area contributed by atoms with Crippen LogP contribution in [0.15, 0.2) is 18.2 Å². The number of fused-ring (bicyclic) bond motifs is 1. The van der Waals surface area contributed by atoms with Crippen molar-refractivity contribution in [2.24, 2.45) is 17.6 Å². The molecule has 0 radical (unpaired) electrons. The van der Waals surface area contributed by atoms with Crippen molar-refractivity contribution in [3.63, 3.8) is 0 Å². The highest BCUT2D eigenvalue weighted by molar-refractivity contribution is 5.68. The molecule has 2 aromatic rings. The van der Waals surface area contributed by atoms with Gasteiger partial charge in [-0.1, -0.05) is 12.5 Å². The van der Waals surface area contributed by atoms with Gasteiger partial charge in [0.2, 0.25) is 6.79 Å². The lowest BCUT2D eigenvalue weighted by molar-refractivity contribution is -0.141. The number of benzene rings is 1. The zero-order chi connectivity index (χ0) is 20.9.